The highest BCUT2D eigenvalue weighted by atomic mass is 16.4. The summed E-state index contributed by atoms with van der Waals surface area (Å²) < 4.78 is 5.52. The first-order valence-corrected chi connectivity index (χ1v) is 11.0. The maximum atomic E-state index is 13.0. The molecule has 1 aliphatic heterocycles. The monoisotopic (exact) mass is 410 g/mol. The van der Waals surface area contributed by atoms with Crippen LogP contribution in [0.2, 0.25) is 0 Å². The molecule has 0 aliphatic carbocycles. The molecule has 1 unspecified atom stereocenters. The van der Waals surface area contributed by atoms with Crippen LogP contribution in [0.5, 0.6) is 0 Å². The molecule has 0 radical (unpaired) electrons. The van der Waals surface area contributed by atoms with Crippen LogP contribution in [-0.4, -0.2) is 37.5 Å². The number of amides is 1. The Balaban J connectivity index is 1.80. The molecule has 3 rings (SSSR count). The Kier molecular flexibility index (Phi) is 7.14. The molecule has 1 atom stereocenters. The van der Waals surface area contributed by atoms with Gasteiger partial charge in [-0.2, -0.15) is 0 Å². The minimum Gasteiger partial charge on any atom is -0.427 e. The summed E-state index contributed by atoms with van der Waals surface area (Å²) >= 11 is 0. The molecule has 162 valence electrons. The molecule has 30 heavy (non-hydrogen) atoms. The zero-order valence-electron chi connectivity index (χ0n) is 18.7. The third-order valence-electron chi connectivity index (χ3n) is 6.52. The van der Waals surface area contributed by atoms with Crippen LogP contribution < -0.4 is 10.9 Å². The SMILES string of the molecule is CCCC(C)c1cc(C)c(C(=O)NCC2(c3ccccc3)CCN(C)CC2)c(=O)o1. The first kappa shape index (κ1) is 22.3. The van der Waals surface area contributed by atoms with Crippen LogP contribution >= 0.6 is 0 Å². The number of aryl methyl sites for hydroxylation is 1. The Bertz CT molecular complexity index is 912. The van der Waals surface area contributed by atoms with Crippen molar-refractivity contribution in [2.75, 3.05) is 26.7 Å². The molecule has 1 N–H and O–H groups in total. The molecule has 2 aromatic rings. The summed E-state index contributed by atoms with van der Waals surface area (Å²) in [7, 11) is 2.13. The second-order valence-corrected chi connectivity index (χ2v) is 8.82. The molecule has 5 heteroatoms. The number of hydrogen-bond acceptors (Lipinski definition) is 4. The average Bonchev–Trinajstić information content (AvgIpc) is 2.74. The van der Waals surface area contributed by atoms with Crippen molar-refractivity contribution in [2.45, 2.75) is 57.8 Å². The van der Waals surface area contributed by atoms with Gasteiger partial charge >= 0.3 is 5.63 Å². The summed E-state index contributed by atoms with van der Waals surface area (Å²) in [6.45, 7) is 8.44. The topological polar surface area (TPSA) is 62.6 Å². The molecule has 1 fully saturated rings. The van der Waals surface area contributed by atoms with Gasteiger partial charge in [0.15, 0.2) is 0 Å². The van der Waals surface area contributed by atoms with Crippen LogP contribution in [0.3, 0.4) is 0 Å². The quantitative estimate of drug-likeness (QED) is 0.741. The van der Waals surface area contributed by atoms with E-state index >= 15 is 0 Å². The molecule has 1 amide bonds. The van der Waals surface area contributed by atoms with E-state index in [-0.39, 0.29) is 22.8 Å². The fourth-order valence-electron chi connectivity index (χ4n) is 4.47. The van der Waals surface area contributed by atoms with Crippen LogP contribution in [0.4, 0.5) is 0 Å². The first-order chi connectivity index (χ1) is 14.4. The molecule has 0 bridgehead atoms. The largest absolute Gasteiger partial charge is 0.427 e. The van der Waals surface area contributed by atoms with E-state index in [0.717, 1.165) is 38.8 Å². The van der Waals surface area contributed by atoms with Crippen molar-refractivity contribution in [3.8, 4) is 0 Å². The number of carbonyl (C=O) groups is 1. The highest BCUT2D eigenvalue weighted by molar-refractivity contribution is 5.95. The lowest BCUT2D eigenvalue weighted by atomic mass is 9.72. The molecule has 0 saturated carbocycles. The van der Waals surface area contributed by atoms with E-state index in [1.54, 1.807) is 0 Å². The Hall–Kier alpha value is -2.40. The van der Waals surface area contributed by atoms with E-state index in [9.17, 15) is 9.59 Å². The molecule has 1 saturated heterocycles. The maximum absolute atomic E-state index is 13.0. The highest BCUT2D eigenvalue weighted by Crippen LogP contribution is 2.34. The van der Waals surface area contributed by atoms with Gasteiger partial charge in [0.05, 0.1) is 0 Å². The molecular weight excluding hydrogens is 376 g/mol. The van der Waals surface area contributed by atoms with E-state index in [1.165, 1.54) is 5.56 Å². The minimum atomic E-state index is -0.539. The summed E-state index contributed by atoms with van der Waals surface area (Å²) in [4.78, 5) is 27.9. The van der Waals surface area contributed by atoms with Gasteiger partial charge in [0.1, 0.15) is 11.3 Å². The fraction of sp³-hybridized carbons (Fsp3) is 0.520. The second kappa shape index (κ2) is 9.61. The summed E-state index contributed by atoms with van der Waals surface area (Å²) in [6, 6.07) is 12.2. The smallest absolute Gasteiger partial charge is 0.349 e. The van der Waals surface area contributed by atoms with Crippen molar-refractivity contribution in [2.24, 2.45) is 0 Å². The summed E-state index contributed by atoms with van der Waals surface area (Å²) in [5.41, 5.74) is 1.39. The fourth-order valence-corrected chi connectivity index (χ4v) is 4.47. The van der Waals surface area contributed by atoms with Crippen LogP contribution in [0, 0.1) is 6.92 Å². The Morgan fingerprint density at radius 1 is 1.23 bits per heavy atom. The van der Waals surface area contributed by atoms with Gasteiger partial charge in [-0.25, -0.2) is 4.79 Å². The lowest BCUT2D eigenvalue weighted by Crippen LogP contribution is -2.48. The lowest BCUT2D eigenvalue weighted by Gasteiger charge is -2.41. The number of carbonyl (C=O) groups excluding carboxylic acids is 1. The third kappa shape index (κ3) is 4.84. The highest BCUT2D eigenvalue weighted by Gasteiger charge is 2.36. The summed E-state index contributed by atoms with van der Waals surface area (Å²) in [6.07, 6.45) is 3.90. The Morgan fingerprint density at radius 2 is 1.90 bits per heavy atom. The second-order valence-electron chi connectivity index (χ2n) is 8.82. The van der Waals surface area contributed by atoms with Gasteiger partial charge in [0.2, 0.25) is 0 Å². The molecule has 1 aromatic carbocycles. The van der Waals surface area contributed by atoms with E-state index in [0.29, 0.717) is 17.9 Å². The third-order valence-corrected chi connectivity index (χ3v) is 6.52. The van der Waals surface area contributed by atoms with Gasteiger partial charge in [-0.1, -0.05) is 50.6 Å². The Labute approximate surface area is 179 Å². The predicted molar refractivity (Wildman–Crippen MR) is 120 cm³/mol. The molecular formula is C25H34N2O3. The zero-order chi connectivity index (χ0) is 21.7. The van der Waals surface area contributed by atoms with Crippen LogP contribution in [0.1, 0.15) is 72.7 Å². The van der Waals surface area contributed by atoms with Gasteiger partial charge in [-0.15, -0.1) is 0 Å². The van der Waals surface area contributed by atoms with Crippen molar-refractivity contribution in [1.29, 1.82) is 0 Å². The zero-order valence-corrected chi connectivity index (χ0v) is 18.7. The average molecular weight is 411 g/mol. The van der Waals surface area contributed by atoms with Crippen molar-refractivity contribution < 1.29 is 9.21 Å². The van der Waals surface area contributed by atoms with Crippen molar-refractivity contribution >= 4 is 5.91 Å². The normalized spacial score (nSPS) is 17.5. The van der Waals surface area contributed by atoms with Crippen molar-refractivity contribution in [3.05, 3.63) is 69.3 Å². The van der Waals surface area contributed by atoms with Crippen LogP contribution in [0.25, 0.3) is 0 Å². The number of piperidine rings is 1. The number of benzene rings is 1. The number of hydrogen-bond donors (Lipinski definition) is 1. The maximum Gasteiger partial charge on any atom is 0.349 e. The summed E-state index contributed by atoms with van der Waals surface area (Å²) in [5.74, 6) is 0.483. The van der Waals surface area contributed by atoms with E-state index in [2.05, 4.69) is 36.3 Å². The number of nitrogens with zero attached hydrogens (tertiary/aromatic N) is 1. The van der Waals surface area contributed by atoms with E-state index in [1.807, 2.05) is 38.1 Å². The van der Waals surface area contributed by atoms with Crippen molar-refractivity contribution in [3.63, 3.8) is 0 Å². The van der Waals surface area contributed by atoms with Gasteiger partial charge in [-0.3, -0.25) is 4.79 Å². The first-order valence-electron chi connectivity index (χ1n) is 11.0. The van der Waals surface area contributed by atoms with Crippen LogP contribution in [-0.2, 0) is 5.41 Å². The van der Waals surface area contributed by atoms with Crippen molar-refractivity contribution in [1.82, 2.24) is 10.2 Å². The van der Waals surface area contributed by atoms with E-state index < -0.39 is 5.63 Å². The standard InChI is InChI=1S/C25H34N2O3/c1-5-9-18(2)21-16-19(3)22(24(29)30-21)23(28)26-17-25(12-14-27(4)15-13-25)20-10-7-6-8-11-20/h6-8,10-11,16,18H,5,9,12-15,17H2,1-4H3,(H,26,28). The predicted octanol–water partition coefficient (Wildman–Crippen LogP) is 4.25. The number of rotatable bonds is 7. The van der Waals surface area contributed by atoms with Gasteiger partial charge in [0, 0.05) is 17.9 Å². The van der Waals surface area contributed by atoms with Gasteiger partial charge in [-0.05, 0) is 63.5 Å². The van der Waals surface area contributed by atoms with Gasteiger partial charge in [0.25, 0.3) is 5.91 Å². The van der Waals surface area contributed by atoms with E-state index in [4.69, 9.17) is 4.42 Å². The van der Waals surface area contributed by atoms with Crippen LogP contribution in [0.15, 0.2) is 45.6 Å². The minimum absolute atomic E-state index is 0.118. The lowest BCUT2D eigenvalue weighted by molar-refractivity contribution is 0.0922. The summed E-state index contributed by atoms with van der Waals surface area (Å²) in [5, 5.41) is 3.06. The number of nitrogens with one attached hydrogen (secondary N) is 1. The molecule has 2 heterocycles. The molecule has 1 aromatic heterocycles. The Morgan fingerprint density at radius 3 is 2.50 bits per heavy atom. The molecule has 5 nitrogen and oxygen atoms in total. The molecule has 0 spiro atoms. The van der Waals surface area contributed by atoms with Gasteiger partial charge < -0.3 is 14.6 Å². The number of likely N-dealkylation sites (tertiary alicyclic amines) is 1. The molecule has 1 aliphatic rings.